The van der Waals surface area contributed by atoms with Gasteiger partial charge in [0, 0.05) is 24.8 Å². The summed E-state index contributed by atoms with van der Waals surface area (Å²) >= 11 is 0. The van der Waals surface area contributed by atoms with Crippen LogP contribution in [0.4, 0.5) is 15.8 Å². The lowest BCUT2D eigenvalue weighted by Crippen LogP contribution is -2.38. The maximum absolute atomic E-state index is 14.2. The van der Waals surface area contributed by atoms with Gasteiger partial charge in [0.2, 0.25) is 15.9 Å². The summed E-state index contributed by atoms with van der Waals surface area (Å²) in [5.41, 5.74) is 0.0374. The van der Waals surface area contributed by atoms with E-state index in [0.29, 0.717) is 25.4 Å². The Morgan fingerprint density at radius 3 is 2.40 bits per heavy atom. The summed E-state index contributed by atoms with van der Waals surface area (Å²) in [6.07, 6.45) is 2.42. The minimum Gasteiger partial charge on any atom is -0.495 e. The summed E-state index contributed by atoms with van der Waals surface area (Å²) in [7, 11) is -6.96. The fourth-order valence-electron chi connectivity index (χ4n) is 4.79. The second-order valence-corrected chi connectivity index (χ2v) is 13.4. The molecule has 3 aromatic carbocycles. The van der Waals surface area contributed by atoms with Gasteiger partial charge in [0.15, 0.2) is 11.5 Å². The molecular weight excluding hydrogens is 589 g/mol. The van der Waals surface area contributed by atoms with Crippen molar-refractivity contribution in [1.29, 1.82) is 0 Å². The highest BCUT2D eigenvalue weighted by Crippen LogP contribution is 2.35. The third-order valence-corrected chi connectivity index (χ3v) is 10.6. The monoisotopic (exact) mass is 619 g/mol. The third kappa shape index (κ3) is 6.15. The fraction of sp³-hybridized carbons (Fsp3) is 0.321. The van der Waals surface area contributed by atoms with Crippen molar-refractivity contribution in [3.63, 3.8) is 0 Å². The molecule has 0 unspecified atom stereocenters. The van der Waals surface area contributed by atoms with Crippen LogP contribution in [0, 0.1) is 5.82 Å². The number of halogens is 1. The molecule has 11 nitrogen and oxygen atoms in total. The van der Waals surface area contributed by atoms with Gasteiger partial charge in [0.05, 0.1) is 17.7 Å². The normalized spacial score (nSPS) is 15.6. The number of hydrogen-bond acceptors (Lipinski definition) is 8. The molecule has 0 aromatic heterocycles. The van der Waals surface area contributed by atoms with Gasteiger partial charge in [-0.15, -0.1) is 0 Å². The molecule has 2 aliphatic heterocycles. The van der Waals surface area contributed by atoms with E-state index in [9.17, 15) is 26.0 Å². The average molecular weight is 620 g/mol. The predicted molar refractivity (Wildman–Crippen MR) is 153 cm³/mol. The van der Waals surface area contributed by atoms with Crippen LogP contribution in [0.3, 0.4) is 0 Å². The molecule has 0 spiro atoms. The number of rotatable bonds is 9. The van der Waals surface area contributed by atoms with Gasteiger partial charge in [-0.1, -0.05) is 12.5 Å². The Hall–Kier alpha value is -3.88. The van der Waals surface area contributed by atoms with Gasteiger partial charge in [0.25, 0.3) is 10.0 Å². The Kier molecular flexibility index (Phi) is 8.57. The molecule has 3 aromatic rings. The Bertz CT molecular complexity index is 1690. The van der Waals surface area contributed by atoms with Crippen LogP contribution in [-0.4, -0.2) is 67.0 Å². The van der Waals surface area contributed by atoms with Crippen molar-refractivity contribution < 1.29 is 40.2 Å². The molecule has 224 valence electrons. The molecule has 1 fully saturated rings. The second kappa shape index (κ2) is 12.2. The van der Waals surface area contributed by atoms with E-state index >= 15 is 0 Å². The molecular formula is C28H30FN3O8S2. The van der Waals surface area contributed by atoms with Crippen molar-refractivity contribution in [2.24, 2.45) is 0 Å². The summed E-state index contributed by atoms with van der Waals surface area (Å²) in [4.78, 5) is 13.0. The van der Waals surface area contributed by atoms with Crippen LogP contribution in [0.1, 0.15) is 19.3 Å². The number of fused-ring (bicyclic) bond motifs is 1. The van der Waals surface area contributed by atoms with E-state index in [2.05, 4.69) is 5.32 Å². The smallest absolute Gasteiger partial charge is 0.264 e. The van der Waals surface area contributed by atoms with Crippen LogP contribution in [0.5, 0.6) is 17.2 Å². The Labute approximate surface area is 243 Å². The van der Waals surface area contributed by atoms with Crippen LogP contribution in [0.15, 0.2) is 70.5 Å². The quantitative estimate of drug-likeness (QED) is 0.384. The lowest BCUT2D eigenvalue weighted by molar-refractivity contribution is -0.114. The van der Waals surface area contributed by atoms with Gasteiger partial charge in [-0.3, -0.25) is 9.10 Å². The van der Waals surface area contributed by atoms with Crippen molar-refractivity contribution in [3.05, 3.63) is 66.5 Å². The number of hydrogen-bond donors (Lipinski definition) is 1. The maximum atomic E-state index is 14.2. The van der Waals surface area contributed by atoms with Gasteiger partial charge in [-0.05, 0) is 61.4 Å². The molecule has 5 rings (SSSR count). The number of anilines is 2. The minimum absolute atomic E-state index is 0.0804. The number of methoxy groups -OCH3 is 1. The summed E-state index contributed by atoms with van der Waals surface area (Å²) in [5, 5.41) is 2.57. The standard InChI is InChI=1S/C28H30FN3O8S2/c1-38-25-10-8-21(17-27(25)42(36,37)31-12-3-2-4-13-31)30-28(33)19-32(22-7-5-6-20(29)16-22)41(34,35)23-9-11-24-26(18-23)40-15-14-39-24/h5-11,16-18H,2-4,12-15,19H2,1H3,(H,30,33). The van der Waals surface area contributed by atoms with E-state index in [0.717, 1.165) is 35.7 Å². The summed E-state index contributed by atoms with van der Waals surface area (Å²) in [6.45, 7) is 0.580. The first-order chi connectivity index (χ1) is 20.1. The number of nitrogens with one attached hydrogen (secondary N) is 1. The number of carbonyl (C=O) groups excluding carboxylic acids is 1. The fourth-order valence-corrected chi connectivity index (χ4v) is 7.92. The molecule has 2 aliphatic rings. The topological polar surface area (TPSA) is 132 Å². The molecule has 0 atom stereocenters. The molecule has 1 amide bonds. The highest BCUT2D eigenvalue weighted by molar-refractivity contribution is 7.92. The van der Waals surface area contributed by atoms with E-state index in [-0.39, 0.29) is 39.3 Å². The molecule has 1 N–H and O–H groups in total. The van der Waals surface area contributed by atoms with Gasteiger partial charge < -0.3 is 19.5 Å². The van der Waals surface area contributed by atoms with Crippen molar-refractivity contribution in [1.82, 2.24) is 4.31 Å². The first-order valence-corrected chi connectivity index (χ1v) is 16.1. The summed E-state index contributed by atoms with van der Waals surface area (Å²) in [5.74, 6) is -0.761. The molecule has 0 aliphatic carbocycles. The van der Waals surface area contributed by atoms with E-state index in [1.54, 1.807) is 0 Å². The van der Waals surface area contributed by atoms with Crippen molar-refractivity contribution in [2.75, 3.05) is 49.6 Å². The van der Waals surface area contributed by atoms with Gasteiger partial charge in [-0.2, -0.15) is 4.31 Å². The number of ether oxygens (including phenoxy) is 3. The number of amides is 1. The van der Waals surface area contributed by atoms with Crippen molar-refractivity contribution in [2.45, 2.75) is 29.1 Å². The summed E-state index contributed by atoms with van der Waals surface area (Å²) < 4.78 is 86.9. The molecule has 0 bridgehead atoms. The number of nitrogens with zero attached hydrogens (tertiary/aromatic N) is 2. The average Bonchev–Trinajstić information content (AvgIpc) is 3.00. The first-order valence-electron chi connectivity index (χ1n) is 13.3. The Balaban J connectivity index is 1.44. The second-order valence-electron chi connectivity index (χ2n) is 9.68. The molecule has 0 saturated carbocycles. The highest BCUT2D eigenvalue weighted by atomic mass is 32.2. The lowest BCUT2D eigenvalue weighted by Gasteiger charge is -2.27. The predicted octanol–water partition coefficient (Wildman–Crippen LogP) is 3.61. The zero-order chi connectivity index (χ0) is 29.9. The van der Waals surface area contributed by atoms with Crippen LogP contribution >= 0.6 is 0 Å². The van der Waals surface area contributed by atoms with Crippen LogP contribution in [-0.2, 0) is 24.8 Å². The van der Waals surface area contributed by atoms with Crippen molar-refractivity contribution >= 4 is 37.3 Å². The van der Waals surface area contributed by atoms with Crippen LogP contribution < -0.4 is 23.8 Å². The number of carbonyl (C=O) groups is 1. The number of benzene rings is 3. The SMILES string of the molecule is COc1ccc(NC(=O)CN(c2cccc(F)c2)S(=O)(=O)c2ccc3c(c2)OCCO3)cc1S(=O)(=O)N1CCCCC1. The highest BCUT2D eigenvalue weighted by Gasteiger charge is 2.31. The lowest BCUT2D eigenvalue weighted by atomic mass is 10.2. The number of piperidine rings is 1. The minimum atomic E-state index is -4.40. The van der Waals surface area contributed by atoms with E-state index in [1.165, 1.54) is 59.9 Å². The Morgan fingerprint density at radius 1 is 0.952 bits per heavy atom. The molecule has 2 heterocycles. The van der Waals surface area contributed by atoms with E-state index in [1.807, 2.05) is 0 Å². The van der Waals surface area contributed by atoms with Crippen molar-refractivity contribution in [3.8, 4) is 17.2 Å². The molecule has 42 heavy (non-hydrogen) atoms. The van der Waals surface area contributed by atoms with E-state index in [4.69, 9.17) is 14.2 Å². The zero-order valence-corrected chi connectivity index (χ0v) is 24.4. The third-order valence-electron chi connectivity index (χ3n) is 6.87. The van der Waals surface area contributed by atoms with Crippen LogP contribution in [0.2, 0.25) is 0 Å². The molecule has 14 heteroatoms. The zero-order valence-electron chi connectivity index (χ0n) is 22.8. The molecule has 1 saturated heterocycles. The van der Waals surface area contributed by atoms with Gasteiger partial charge in [-0.25, -0.2) is 21.2 Å². The van der Waals surface area contributed by atoms with E-state index < -0.39 is 38.3 Å². The molecule has 0 radical (unpaired) electrons. The van der Waals surface area contributed by atoms with Gasteiger partial charge >= 0.3 is 0 Å². The number of sulfonamides is 2. The van der Waals surface area contributed by atoms with Gasteiger partial charge in [0.1, 0.15) is 36.2 Å². The summed E-state index contributed by atoms with van der Waals surface area (Å²) in [6, 6.07) is 13.0. The first kappa shape index (κ1) is 29.6. The Morgan fingerprint density at radius 2 is 1.69 bits per heavy atom. The van der Waals surface area contributed by atoms with Crippen LogP contribution in [0.25, 0.3) is 0 Å². The largest absolute Gasteiger partial charge is 0.495 e. The maximum Gasteiger partial charge on any atom is 0.264 e.